The van der Waals surface area contributed by atoms with Crippen LogP contribution in [0.4, 0.5) is 0 Å². The quantitative estimate of drug-likeness (QED) is 0.342. The van der Waals surface area contributed by atoms with Crippen LogP contribution in [-0.4, -0.2) is 46.1 Å². The fourth-order valence-electron chi connectivity index (χ4n) is 3.07. The van der Waals surface area contributed by atoms with Crippen molar-refractivity contribution in [3.8, 4) is 0 Å². The summed E-state index contributed by atoms with van der Waals surface area (Å²) in [6.07, 6.45) is 4.88. The molecule has 0 saturated heterocycles. The van der Waals surface area contributed by atoms with Crippen LogP contribution < -0.4 is 0 Å². The number of carbonyl (C=O) groups is 2. The minimum Gasteiger partial charge on any atom is -0.499 e. The molecular formula is C21H34O7. The lowest BCUT2D eigenvalue weighted by Crippen LogP contribution is -2.33. The molecule has 7 nitrogen and oxygen atoms in total. The van der Waals surface area contributed by atoms with E-state index in [0.29, 0.717) is 5.92 Å². The first-order valence-electron chi connectivity index (χ1n) is 9.97. The zero-order valence-electron chi connectivity index (χ0n) is 17.3. The molecule has 160 valence electrons. The first-order valence-corrected chi connectivity index (χ1v) is 9.97. The number of hydrogen-bond donors (Lipinski definition) is 3. The maximum Gasteiger partial charge on any atom is 0.378 e. The van der Waals surface area contributed by atoms with Gasteiger partial charge in [0.05, 0.1) is 6.61 Å². The lowest BCUT2D eigenvalue weighted by atomic mass is 9.94. The molecule has 0 amide bonds. The lowest BCUT2D eigenvalue weighted by Gasteiger charge is -2.17. The second-order valence-corrected chi connectivity index (χ2v) is 8.02. The molecule has 0 aromatic heterocycles. The number of aliphatic hydroxyl groups excluding tert-OH is 3. The number of rotatable bonds is 12. The fourth-order valence-corrected chi connectivity index (χ4v) is 3.07. The highest BCUT2D eigenvalue weighted by Gasteiger charge is 2.41. The highest BCUT2D eigenvalue weighted by Crippen LogP contribution is 2.25. The van der Waals surface area contributed by atoms with E-state index in [1.165, 1.54) is 25.3 Å². The topological polar surface area (TPSA) is 113 Å². The Labute approximate surface area is 167 Å². The Morgan fingerprint density at radius 3 is 2.46 bits per heavy atom. The van der Waals surface area contributed by atoms with Crippen LogP contribution >= 0.6 is 0 Å². The molecular weight excluding hydrogens is 364 g/mol. The predicted molar refractivity (Wildman–Crippen MR) is 104 cm³/mol. The smallest absolute Gasteiger partial charge is 0.378 e. The number of esters is 2. The van der Waals surface area contributed by atoms with Crippen LogP contribution in [0, 0.1) is 11.8 Å². The first-order chi connectivity index (χ1) is 13.1. The van der Waals surface area contributed by atoms with Crippen LogP contribution in [0.5, 0.6) is 0 Å². The third-order valence-corrected chi connectivity index (χ3v) is 4.78. The van der Waals surface area contributed by atoms with Gasteiger partial charge in [0.2, 0.25) is 11.5 Å². The van der Waals surface area contributed by atoms with Gasteiger partial charge in [-0.3, -0.25) is 0 Å². The third-order valence-electron chi connectivity index (χ3n) is 4.78. The molecule has 1 rings (SSSR count). The van der Waals surface area contributed by atoms with Gasteiger partial charge >= 0.3 is 11.9 Å². The van der Waals surface area contributed by atoms with Crippen LogP contribution in [0.3, 0.4) is 0 Å². The molecule has 3 N–H and O–H groups in total. The van der Waals surface area contributed by atoms with Crippen LogP contribution in [0.1, 0.15) is 66.2 Å². The zero-order chi connectivity index (χ0) is 21.3. The summed E-state index contributed by atoms with van der Waals surface area (Å²) in [5.41, 5.74) is 0.823. The number of ether oxygens (including phenoxy) is 2. The number of allylic oxidation sites excluding steroid dienone is 1. The summed E-state index contributed by atoms with van der Waals surface area (Å²) in [7, 11) is 0. The summed E-state index contributed by atoms with van der Waals surface area (Å²) >= 11 is 0. The molecule has 0 bridgehead atoms. The lowest BCUT2D eigenvalue weighted by molar-refractivity contribution is -0.150. The fraction of sp³-hybridized carbons (Fsp3) is 0.714. The Kier molecular flexibility index (Phi) is 10.2. The molecule has 1 aliphatic heterocycles. The maximum atomic E-state index is 12.1. The molecule has 0 fully saturated rings. The predicted octanol–water partition coefficient (Wildman–Crippen LogP) is 3.16. The summed E-state index contributed by atoms with van der Waals surface area (Å²) in [5, 5.41) is 28.3. The van der Waals surface area contributed by atoms with Gasteiger partial charge in [-0.15, -0.1) is 0 Å². The molecule has 0 aliphatic carbocycles. The third kappa shape index (κ3) is 8.02. The molecule has 28 heavy (non-hydrogen) atoms. The van der Waals surface area contributed by atoms with E-state index in [-0.39, 0.29) is 0 Å². The molecule has 0 aromatic carbocycles. The van der Waals surface area contributed by atoms with Crippen molar-refractivity contribution in [3.05, 3.63) is 23.2 Å². The molecule has 3 atom stereocenters. The molecule has 0 aromatic rings. The highest BCUT2D eigenvalue weighted by atomic mass is 16.6. The van der Waals surface area contributed by atoms with Crippen LogP contribution in [0.25, 0.3) is 0 Å². The van der Waals surface area contributed by atoms with E-state index in [4.69, 9.17) is 14.6 Å². The monoisotopic (exact) mass is 398 g/mol. The Balaban J connectivity index is 2.47. The van der Waals surface area contributed by atoms with E-state index < -0.39 is 42.3 Å². The summed E-state index contributed by atoms with van der Waals surface area (Å²) in [5.74, 6) is -1.84. The van der Waals surface area contributed by atoms with Crippen molar-refractivity contribution in [2.24, 2.45) is 11.8 Å². The van der Waals surface area contributed by atoms with Crippen molar-refractivity contribution < 1.29 is 34.4 Å². The zero-order valence-corrected chi connectivity index (χ0v) is 17.3. The van der Waals surface area contributed by atoms with Crippen LogP contribution in [-0.2, 0) is 19.1 Å². The second kappa shape index (κ2) is 11.9. The van der Waals surface area contributed by atoms with Gasteiger partial charge in [-0.2, -0.15) is 0 Å². The van der Waals surface area contributed by atoms with E-state index in [2.05, 4.69) is 20.8 Å². The molecule has 0 radical (unpaired) electrons. The van der Waals surface area contributed by atoms with E-state index in [9.17, 15) is 19.8 Å². The minimum atomic E-state index is -1.49. The van der Waals surface area contributed by atoms with Crippen LogP contribution in [0.2, 0.25) is 0 Å². The van der Waals surface area contributed by atoms with Crippen molar-refractivity contribution in [2.75, 3.05) is 6.61 Å². The summed E-state index contributed by atoms with van der Waals surface area (Å²) < 4.78 is 9.71. The first kappa shape index (κ1) is 24.2. The molecule has 1 aliphatic rings. The van der Waals surface area contributed by atoms with Gasteiger partial charge in [-0.05, 0) is 31.6 Å². The largest absolute Gasteiger partial charge is 0.499 e. The molecule has 0 spiro atoms. The highest BCUT2D eigenvalue weighted by molar-refractivity contribution is 5.91. The van der Waals surface area contributed by atoms with Crippen molar-refractivity contribution in [2.45, 2.75) is 78.4 Å². The number of cyclic esters (lactones) is 1. The average molecular weight is 398 g/mol. The van der Waals surface area contributed by atoms with Gasteiger partial charge in [-0.1, -0.05) is 52.0 Å². The standard InChI is InChI=1S/C21H34O7/c1-13(2)7-5-8-14(3)9-6-10-15(4)11-17(24)27-20-18(25)21(26)28-19(20)16(23)12-22/h11,13-14,16,19,22-23,25H,5-10,12H2,1-4H3/t14?,16-,19+/m0/s1. The molecule has 1 unspecified atom stereocenters. The Morgan fingerprint density at radius 1 is 1.21 bits per heavy atom. The molecule has 1 heterocycles. The van der Waals surface area contributed by atoms with Crippen LogP contribution in [0.15, 0.2) is 23.2 Å². The number of carbonyl (C=O) groups excluding carboxylic acids is 2. The summed E-state index contributed by atoms with van der Waals surface area (Å²) in [4.78, 5) is 23.5. The SMILES string of the molecule is CC(=CC(=O)OC1=C(O)C(=O)O[C@@H]1[C@@H](O)CO)CCCC(C)CCCC(C)C. The summed E-state index contributed by atoms with van der Waals surface area (Å²) in [6.45, 7) is 7.81. The number of aliphatic hydroxyl groups is 3. The summed E-state index contributed by atoms with van der Waals surface area (Å²) in [6, 6.07) is 0. The van der Waals surface area contributed by atoms with E-state index in [1.807, 2.05) is 6.92 Å². The Hall–Kier alpha value is -1.86. The van der Waals surface area contributed by atoms with Gasteiger partial charge in [-0.25, -0.2) is 9.59 Å². The number of hydrogen-bond acceptors (Lipinski definition) is 7. The van der Waals surface area contributed by atoms with Gasteiger partial charge in [0, 0.05) is 6.08 Å². The van der Waals surface area contributed by atoms with Crippen molar-refractivity contribution in [3.63, 3.8) is 0 Å². The normalized spacial score (nSPS) is 19.8. The van der Waals surface area contributed by atoms with Crippen molar-refractivity contribution in [1.29, 1.82) is 0 Å². The minimum absolute atomic E-state index is 0.473. The van der Waals surface area contributed by atoms with E-state index in [0.717, 1.165) is 30.8 Å². The van der Waals surface area contributed by atoms with Gasteiger partial charge < -0.3 is 24.8 Å². The van der Waals surface area contributed by atoms with Gasteiger partial charge in [0.15, 0.2) is 6.10 Å². The Morgan fingerprint density at radius 2 is 1.86 bits per heavy atom. The van der Waals surface area contributed by atoms with Crippen molar-refractivity contribution in [1.82, 2.24) is 0 Å². The van der Waals surface area contributed by atoms with Gasteiger partial charge in [0.1, 0.15) is 6.10 Å². The second-order valence-electron chi connectivity index (χ2n) is 8.02. The molecule has 7 heteroatoms. The maximum absolute atomic E-state index is 12.1. The van der Waals surface area contributed by atoms with E-state index in [1.54, 1.807) is 0 Å². The van der Waals surface area contributed by atoms with Crippen molar-refractivity contribution >= 4 is 11.9 Å². The molecule has 0 saturated carbocycles. The van der Waals surface area contributed by atoms with E-state index >= 15 is 0 Å². The average Bonchev–Trinajstić information content (AvgIpc) is 2.89. The van der Waals surface area contributed by atoms with Gasteiger partial charge in [0.25, 0.3) is 0 Å². The Bertz CT molecular complexity index is 592.